The molecule has 0 radical (unpaired) electrons. The number of carbonyl (C=O) groups excluding carboxylic acids is 1. The number of hydrogen-bond donors (Lipinski definition) is 1. The van der Waals surface area contributed by atoms with E-state index in [0.717, 1.165) is 28.8 Å². The molecule has 0 aliphatic rings. The lowest BCUT2D eigenvalue weighted by atomic mass is 10.2. The summed E-state index contributed by atoms with van der Waals surface area (Å²) in [5.41, 5.74) is 1.91. The molecule has 6 heteroatoms. The normalized spacial score (nSPS) is 11.0. The van der Waals surface area contributed by atoms with Crippen LogP contribution in [0.3, 0.4) is 0 Å². The predicted molar refractivity (Wildman–Crippen MR) is 90.1 cm³/mol. The highest BCUT2D eigenvalue weighted by molar-refractivity contribution is 7.99. The Bertz CT molecular complexity index is 651. The third-order valence-electron chi connectivity index (χ3n) is 3.20. The lowest BCUT2D eigenvalue weighted by Gasteiger charge is -2.11. The number of amides is 1. The molecule has 1 amide bonds. The Balaban J connectivity index is 1.96. The average molecular weight is 318 g/mol. The molecule has 1 heterocycles. The van der Waals surface area contributed by atoms with Gasteiger partial charge in [-0.25, -0.2) is 0 Å². The number of rotatable bonds is 6. The van der Waals surface area contributed by atoms with E-state index in [1.165, 1.54) is 11.8 Å². The van der Waals surface area contributed by atoms with E-state index >= 15 is 0 Å². The molecule has 2 rings (SSSR count). The van der Waals surface area contributed by atoms with E-state index in [-0.39, 0.29) is 5.91 Å². The highest BCUT2D eigenvalue weighted by Gasteiger charge is 2.13. The maximum absolute atomic E-state index is 12.1. The van der Waals surface area contributed by atoms with Crippen LogP contribution in [0.2, 0.25) is 0 Å². The summed E-state index contributed by atoms with van der Waals surface area (Å²) < 4.78 is 2.07. The Morgan fingerprint density at radius 3 is 2.68 bits per heavy atom. The second-order valence-corrected chi connectivity index (χ2v) is 6.63. The van der Waals surface area contributed by atoms with E-state index < -0.39 is 0 Å². The van der Waals surface area contributed by atoms with Gasteiger partial charge in [0.05, 0.1) is 5.75 Å². The van der Waals surface area contributed by atoms with Crippen LogP contribution in [-0.4, -0.2) is 26.4 Å². The first-order valence-electron chi connectivity index (χ1n) is 7.35. The smallest absolute Gasteiger partial charge is 0.234 e. The van der Waals surface area contributed by atoms with Gasteiger partial charge in [0, 0.05) is 12.2 Å². The predicted octanol–water partition coefficient (Wildman–Crippen LogP) is 3.28. The number of nitrogens with zero attached hydrogens (tertiary/aromatic N) is 3. The topological polar surface area (TPSA) is 59.8 Å². The molecule has 2 aromatic rings. The maximum Gasteiger partial charge on any atom is 0.234 e. The van der Waals surface area contributed by atoms with Crippen molar-refractivity contribution < 1.29 is 4.79 Å². The molecular weight excluding hydrogens is 296 g/mol. The molecule has 1 aromatic heterocycles. The Morgan fingerprint density at radius 2 is 2.00 bits per heavy atom. The van der Waals surface area contributed by atoms with Crippen LogP contribution < -0.4 is 5.32 Å². The summed E-state index contributed by atoms with van der Waals surface area (Å²) in [4.78, 5) is 12.1. The van der Waals surface area contributed by atoms with Crippen LogP contribution in [0.5, 0.6) is 0 Å². The van der Waals surface area contributed by atoms with Gasteiger partial charge in [-0.05, 0) is 31.4 Å². The summed E-state index contributed by atoms with van der Waals surface area (Å²) in [6, 6.07) is 7.75. The lowest BCUT2D eigenvalue weighted by Crippen LogP contribution is -2.15. The van der Waals surface area contributed by atoms with E-state index in [1.807, 2.05) is 38.1 Å². The van der Waals surface area contributed by atoms with Gasteiger partial charge in [0.25, 0.3) is 0 Å². The molecule has 0 saturated heterocycles. The molecule has 118 valence electrons. The fourth-order valence-corrected chi connectivity index (χ4v) is 2.87. The molecule has 0 spiro atoms. The molecule has 0 bridgehead atoms. The Labute approximate surface area is 135 Å². The summed E-state index contributed by atoms with van der Waals surface area (Å²) in [6.07, 6.45) is 0. The molecule has 5 nitrogen and oxygen atoms in total. The number of anilines is 1. The molecule has 0 unspecified atom stereocenters. The van der Waals surface area contributed by atoms with Crippen molar-refractivity contribution in [3.8, 4) is 0 Å². The van der Waals surface area contributed by atoms with Crippen LogP contribution in [0.15, 0.2) is 29.4 Å². The molecule has 1 N–H and O–H groups in total. The first-order valence-corrected chi connectivity index (χ1v) is 8.34. The lowest BCUT2D eigenvalue weighted by molar-refractivity contribution is -0.113. The number of hydrogen-bond acceptors (Lipinski definition) is 4. The molecule has 0 aliphatic heterocycles. The van der Waals surface area contributed by atoms with Crippen molar-refractivity contribution in [1.29, 1.82) is 0 Å². The van der Waals surface area contributed by atoms with Crippen molar-refractivity contribution in [1.82, 2.24) is 14.8 Å². The first kappa shape index (κ1) is 16.5. The summed E-state index contributed by atoms with van der Waals surface area (Å²) in [5, 5.41) is 12.0. The third kappa shape index (κ3) is 4.34. The number of benzene rings is 1. The third-order valence-corrected chi connectivity index (χ3v) is 4.17. The zero-order valence-electron chi connectivity index (χ0n) is 13.5. The van der Waals surface area contributed by atoms with Gasteiger partial charge >= 0.3 is 0 Å². The quantitative estimate of drug-likeness (QED) is 0.830. The van der Waals surface area contributed by atoms with Gasteiger partial charge in [0.1, 0.15) is 5.82 Å². The van der Waals surface area contributed by atoms with Crippen molar-refractivity contribution in [2.45, 2.75) is 39.4 Å². The van der Waals surface area contributed by atoms with Crippen molar-refractivity contribution in [3.63, 3.8) is 0 Å². The summed E-state index contributed by atoms with van der Waals surface area (Å²) in [5.74, 6) is 1.69. The maximum atomic E-state index is 12.1. The van der Waals surface area contributed by atoms with Gasteiger partial charge in [-0.15, -0.1) is 10.2 Å². The standard InChI is InChI=1S/C16H22N4OS/c1-11(2)9-20-13(4)18-19-16(20)22-10-15(21)17-14-8-6-5-7-12(14)3/h5-8,11H,9-10H2,1-4H3,(H,17,21). The van der Waals surface area contributed by atoms with Crippen LogP contribution in [0.25, 0.3) is 0 Å². The van der Waals surface area contributed by atoms with Crippen molar-refractivity contribution in [2.24, 2.45) is 5.92 Å². The van der Waals surface area contributed by atoms with Gasteiger partial charge in [-0.1, -0.05) is 43.8 Å². The summed E-state index contributed by atoms with van der Waals surface area (Å²) in [6.45, 7) is 9.08. The Morgan fingerprint density at radius 1 is 1.27 bits per heavy atom. The Kier molecular flexibility index (Phi) is 5.60. The first-order chi connectivity index (χ1) is 10.5. The number of aryl methyl sites for hydroxylation is 2. The van der Waals surface area contributed by atoms with Gasteiger partial charge in [0.2, 0.25) is 5.91 Å². The molecule has 0 aliphatic carbocycles. The second-order valence-electron chi connectivity index (χ2n) is 5.69. The van der Waals surface area contributed by atoms with E-state index in [4.69, 9.17) is 0 Å². The molecule has 0 saturated carbocycles. The van der Waals surface area contributed by atoms with Crippen LogP contribution in [0, 0.1) is 19.8 Å². The zero-order chi connectivity index (χ0) is 16.1. The SMILES string of the molecule is Cc1ccccc1NC(=O)CSc1nnc(C)n1CC(C)C. The van der Waals surface area contributed by atoms with Crippen LogP contribution >= 0.6 is 11.8 Å². The van der Waals surface area contributed by atoms with Crippen molar-refractivity contribution in [2.75, 3.05) is 11.1 Å². The highest BCUT2D eigenvalue weighted by atomic mass is 32.2. The minimum atomic E-state index is -0.0314. The number of thioether (sulfide) groups is 1. The van der Waals surface area contributed by atoms with E-state index in [0.29, 0.717) is 11.7 Å². The largest absolute Gasteiger partial charge is 0.325 e. The number of para-hydroxylation sites is 1. The van der Waals surface area contributed by atoms with Crippen LogP contribution in [0.4, 0.5) is 5.69 Å². The summed E-state index contributed by atoms with van der Waals surface area (Å²) in [7, 11) is 0. The fraction of sp³-hybridized carbons (Fsp3) is 0.438. The second kappa shape index (κ2) is 7.45. The fourth-order valence-electron chi connectivity index (χ4n) is 2.07. The average Bonchev–Trinajstić information content (AvgIpc) is 2.80. The minimum absolute atomic E-state index is 0.0314. The van der Waals surface area contributed by atoms with Crippen molar-refractivity contribution >= 4 is 23.4 Å². The summed E-state index contributed by atoms with van der Waals surface area (Å²) >= 11 is 1.42. The molecule has 0 atom stereocenters. The van der Waals surface area contributed by atoms with Crippen LogP contribution in [-0.2, 0) is 11.3 Å². The van der Waals surface area contributed by atoms with E-state index in [2.05, 4.69) is 33.9 Å². The zero-order valence-corrected chi connectivity index (χ0v) is 14.3. The molecule has 1 aromatic carbocycles. The molecular formula is C16H22N4OS. The van der Waals surface area contributed by atoms with E-state index in [1.54, 1.807) is 0 Å². The van der Waals surface area contributed by atoms with Gasteiger partial charge < -0.3 is 9.88 Å². The molecule has 0 fully saturated rings. The van der Waals surface area contributed by atoms with Gasteiger partial charge in [-0.2, -0.15) is 0 Å². The molecule has 22 heavy (non-hydrogen) atoms. The monoisotopic (exact) mass is 318 g/mol. The van der Waals surface area contributed by atoms with Gasteiger partial charge in [-0.3, -0.25) is 4.79 Å². The Hall–Kier alpha value is -1.82. The number of aromatic nitrogens is 3. The number of carbonyl (C=O) groups is 1. The van der Waals surface area contributed by atoms with E-state index in [9.17, 15) is 4.79 Å². The van der Waals surface area contributed by atoms with Crippen LogP contribution in [0.1, 0.15) is 25.2 Å². The van der Waals surface area contributed by atoms with Crippen molar-refractivity contribution in [3.05, 3.63) is 35.7 Å². The number of nitrogens with one attached hydrogen (secondary N) is 1. The van der Waals surface area contributed by atoms with Gasteiger partial charge in [0.15, 0.2) is 5.16 Å². The minimum Gasteiger partial charge on any atom is -0.325 e. The highest BCUT2D eigenvalue weighted by Crippen LogP contribution is 2.19.